The lowest BCUT2D eigenvalue weighted by Gasteiger charge is -2.01. The summed E-state index contributed by atoms with van der Waals surface area (Å²) in [5.41, 5.74) is 2.28. The number of rotatable bonds is 2. The fraction of sp³-hybridized carbons (Fsp3) is 0.133. The molecule has 3 aromatic rings. The van der Waals surface area contributed by atoms with Gasteiger partial charge in [-0.3, -0.25) is 4.79 Å². The fourth-order valence-electron chi connectivity index (χ4n) is 2.11. The maximum Gasteiger partial charge on any atom is 0.176 e. The van der Waals surface area contributed by atoms with Crippen LogP contribution in [0.2, 0.25) is 0 Å². The second kappa shape index (κ2) is 4.25. The van der Waals surface area contributed by atoms with Crippen molar-refractivity contribution in [3.63, 3.8) is 0 Å². The molecule has 0 saturated heterocycles. The highest BCUT2D eigenvalue weighted by molar-refractivity contribution is 9.10. The maximum absolute atomic E-state index is 11.9. The third-order valence-electron chi connectivity index (χ3n) is 3.02. The van der Waals surface area contributed by atoms with Gasteiger partial charge in [0, 0.05) is 16.3 Å². The molecule has 0 fully saturated rings. The van der Waals surface area contributed by atoms with Gasteiger partial charge in [-0.25, -0.2) is 0 Å². The van der Waals surface area contributed by atoms with Gasteiger partial charge in [-0.15, -0.1) is 0 Å². The van der Waals surface area contributed by atoms with Gasteiger partial charge in [0.1, 0.15) is 11.2 Å². The summed E-state index contributed by atoms with van der Waals surface area (Å²) in [7, 11) is 0. The monoisotopic (exact) mass is 302 g/mol. The first-order chi connectivity index (χ1) is 8.66. The zero-order valence-corrected chi connectivity index (χ0v) is 11.4. The predicted molar refractivity (Wildman–Crippen MR) is 76.4 cm³/mol. The van der Waals surface area contributed by atoms with Crippen molar-refractivity contribution in [3.05, 3.63) is 48.0 Å². The lowest BCUT2D eigenvalue weighted by atomic mass is 10.1. The van der Waals surface area contributed by atoms with E-state index in [2.05, 4.69) is 15.9 Å². The number of fused-ring (bicyclic) bond motifs is 3. The Morgan fingerprint density at radius 3 is 2.61 bits per heavy atom. The second-order valence-corrected chi connectivity index (χ2v) is 5.66. The summed E-state index contributed by atoms with van der Waals surface area (Å²) in [5.74, 6) is 0.0670. The van der Waals surface area contributed by atoms with Crippen LogP contribution in [0.1, 0.15) is 17.3 Å². The molecular formula is C15H11BrO2. The van der Waals surface area contributed by atoms with E-state index in [1.807, 2.05) is 49.4 Å². The van der Waals surface area contributed by atoms with Crippen LogP contribution in [0.5, 0.6) is 0 Å². The molecule has 0 amide bonds. The lowest BCUT2D eigenvalue weighted by Crippen LogP contribution is -2.09. The van der Waals surface area contributed by atoms with Crippen molar-refractivity contribution in [1.29, 1.82) is 0 Å². The van der Waals surface area contributed by atoms with Crippen molar-refractivity contribution < 1.29 is 9.21 Å². The summed E-state index contributed by atoms with van der Waals surface area (Å²) in [6.45, 7) is 1.82. The number of ketones is 1. The average molecular weight is 303 g/mol. The van der Waals surface area contributed by atoms with Crippen molar-refractivity contribution >= 4 is 43.7 Å². The summed E-state index contributed by atoms with van der Waals surface area (Å²) >= 11 is 3.30. The predicted octanol–water partition coefficient (Wildman–Crippen LogP) is 4.55. The van der Waals surface area contributed by atoms with E-state index >= 15 is 0 Å². The Morgan fingerprint density at radius 1 is 1.11 bits per heavy atom. The fourth-order valence-corrected chi connectivity index (χ4v) is 2.37. The number of halogens is 1. The van der Waals surface area contributed by atoms with Crippen molar-refractivity contribution in [2.45, 2.75) is 11.8 Å². The van der Waals surface area contributed by atoms with Gasteiger partial charge < -0.3 is 4.42 Å². The minimum absolute atomic E-state index is 0.0670. The smallest absolute Gasteiger partial charge is 0.176 e. The van der Waals surface area contributed by atoms with Crippen LogP contribution >= 0.6 is 15.9 Å². The molecule has 0 aliphatic rings. The van der Waals surface area contributed by atoms with Crippen molar-refractivity contribution in [3.8, 4) is 0 Å². The number of furan rings is 1. The number of hydrogen-bond acceptors (Lipinski definition) is 2. The van der Waals surface area contributed by atoms with E-state index in [9.17, 15) is 4.79 Å². The Kier molecular flexibility index (Phi) is 2.71. The van der Waals surface area contributed by atoms with E-state index in [1.54, 1.807) is 0 Å². The molecule has 18 heavy (non-hydrogen) atoms. The summed E-state index contributed by atoms with van der Waals surface area (Å²) < 4.78 is 5.76. The molecule has 0 radical (unpaired) electrons. The number of alkyl halides is 1. The summed E-state index contributed by atoms with van der Waals surface area (Å²) in [6.07, 6.45) is 0. The normalized spacial score (nSPS) is 13.0. The number of para-hydroxylation sites is 1. The van der Waals surface area contributed by atoms with Crippen LogP contribution in [0.3, 0.4) is 0 Å². The van der Waals surface area contributed by atoms with E-state index < -0.39 is 0 Å². The Balaban J connectivity index is 2.24. The van der Waals surface area contributed by atoms with Gasteiger partial charge >= 0.3 is 0 Å². The van der Waals surface area contributed by atoms with Crippen LogP contribution in [0.25, 0.3) is 21.9 Å². The van der Waals surface area contributed by atoms with Gasteiger partial charge in [-0.05, 0) is 25.1 Å². The Morgan fingerprint density at radius 2 is 1.83 bits per heavy atom. The number of carbonyl (C=O) groups is 1. The minimum Gasteiger partial charge on any atom is -0.456 e. The molecule has 3 heteroatoms. The van der Waals surface area contributed by atoms with Gasteiger partial charge in [-0.1, -0.05) is 40.2 Å². The number of benzene rings is 2. The van der Waals surface area contributed by atoms with Crippen LogP contribution in [0.4, 0.5) is 0 Å². The van der Waals surface area contributed by atoms with E-state index in [4.69, 9.17) is 4.42 Å². The second-order valence-electron chi connectivity index (χ2n) is 4.29. The van der Waals surface area contributed by atoms with Crippen LogP contribution < -0.4 is 0 Å². The third kappa shape index (κ3) is 1.75. The summed E-state index contributed by atoms with van der Waals surface area (Å²) in [4.78, 5) is 11.7. The van der Waals surface area contributed by atoms with Crippen LogP contribution in [-0.4, -0.2) is 10.6 Å². The third-order valence-corrected chi connectivity index (χ3v) is 3.44. The first-order valence-corrected chi connectivity index (χ1v) is 6.68. The molecular weight excluding hydrogens is 292 g/mol. The van der Waals surface area contributed by atoms with Crippen LogP contribution in [0, 0.1) is 0 Å². The molecule has 1 heterocycles. The molecule has 0 saturated carbocycles. The SMILES string of the molecule is CC(Br)C(=O)c1ccc2c(c1)oc1ccccc12. The van der Waals surface area contributed by atoms with E-state index in [0.717, 1.165) is 21.9 Å². The largest absolute Gasteiger partial charge is 0.456 e. The quantitative estimate of drug-likeness (QED) is 0.513. The summed E-state index contributed by atoms with van der Waals surface area (Å²) in [5, 5.41) is 2.13. The number of hydrogen-bond donors (Lipinski definition) is 0. The molecule has 0 spiro atoms. The van der Waals surface area contributed by atoms with Crippen LogP contribution in [-0.2, 0) is 0 Å². The van der Waals surface area contributed by atoms with Crippen molar-refractivity contribution in [1.82, 2.24) is 0 Å². The maximum atomic E-state index is 11.9. The first-order valence-electron chi connectivity index (χ1n) is 5.76. The van der Waals surface area contributed by atoms with Crippen LogP contribution in [0.15, 0.2) is 46.9 Å². The average Bonchev–Trinajstić information content (AvgIpc) is 2.75. The molecule has 0 bridgehead atoms. The molecule has 2 nitrogen and oxygen atoms in total. The number of Topliss-reactive ketones (excluding diaryl/α,β-unsaturated/α-hetero) is 1. The van der Waals surface area contributed by atoms with Gasteiger partial charge in [-0.2, -0.15) is 0 Å². The van der Waals surface area contributed by atoms with Gasteiger partial charge in [0.05, 0.1) is 4.83 Å². The zero-order valence-electron chi connectivity index (χ0n) is 9.81. The zero-order chi connectivity index (χ0) is 12.7. The molecule has 0 aliphatic heterocycles. The van der Waals surface area contributed by atoms with Gasteiger partial charge in [0.2, 0.25) is 0 Å². The minimum atomic E-state index is -0.181. The standard InChI is InChI=1S/C15H11BrO2/c1-9(16)15(17)10-6-7-12-11-4-2-3-5-13(11)18-14(12)8-10/h2-9H,1H3. The van der Waals surface area contributed by atoms with Gasteiger partial charge in [0.15, 0.2) is 5.78 Å². The molecule has 2 aromatic carbocycles. The Labute approximate surface area is 113 Å². The molecule has 1 atom stereocenters. The highest BCUT2D eigenvalue weighted by Crippen LogP contribution is 2.29. The van der Waals surface area contributed by atoms with E-state index in [-0.39, 0.29) is 10.6 Å². The number of carbonyl (C=O) groups excluding carboxylic acids is 1. The van der Waals surface area contributed by atoms with E-state index in [0.29, 0.717) is 5.56 Å². The Hall–Kier alpha value is -1.61. The Bertz CT molecular complexity index is 740. The molecule has 90 valence electrons. The van der Waals surface area contributed by atoms with Crippen molar-refractivity contribution in [2.75, 3.05) is 0 Å². The molecule has 0 aliphatic carbocycles. The van der Waals surface area contributed by atoms with Gasteiger partial charge in [0.25, 0.3) is 0 Å². The highest BCUT2D eigenvalue weighted by Gasteiger charge is 2.14. The molecule has 1 aromatic heterocycles. The first kappa shape index (κ1) is 11.5. The van der Waals surface area contributed by atoms with E-state index in [1.165, 1.54) is 0 Å². The highest BCUT2D eigenvalue weighted by atomic mass is 79.9. The van der Waals surface area contributed by atoms with Crippen molar-refractivity contribution in [2.24, 2.45) is 0 Å². The molecule has 0 N–H and O–H groups in total. The lowest BCUT2D eigenvalue weighted by molar-refractivity contribution is 0.0996. The summed E-state index contributed by atoms with van der Waals surface area (Å²) in [6, 6.07) is 13.5. The molecule has 3 rings (SSSR count). The topological polar surface area (TPSA) is 30.2 Å². The molecule has 1 unspecified atom stereocenters.